The van der Waals surface area contributed by atoms with Crippen molar-refractivity contribution in [2.75, 3.05) is 5.32 Å². The Balaban J connectivity index is 1.66. The summed E-state index contributed by atoms with van der Waals surface area (Å²) in [7, 11) is 0. The Hall–Kier alpha value is -1.68. The van der Waals surface area contributed by atoms with E-state index >= 15 is 0 Å². The van der Waals surface area contributed by atoms with Gasteiger partial charge in [-0.2, -0.15) is 10.1 Å². The van der Waals surface area contributed by atoms with Crippen LogP contribution < -0.4 is 5.32 Å². The Morgan fingerprint density at radius 1 is 1.24 bits per heavy atom. The molecule has 3 rings (SSSR count). The number of rotatable bonds is 3. The molecule has 0 amide bonds. The average Bonchev–Trinajstić information content (AvgIpc) is 3.10. The molecule has 0 radical (unpaired) electrons. The number of anilines is 1. The Morgan fingerprint density at radius 3 is 2.82 bits per heavy atom. The van der Waals surface area contributed by atoms with E-state index in [1.807, 2.05) is 6.07 Å². The number of nitrogens with zero attached hydrogens (tertiary/aromatic N) is 3. The minimum absolute atomic E-state index is 0.173. The molecule has 5 heteroatoms. The molecule has 2 atom stereocenters. The summed E-state index contributed by atoms with van der Waals surface area (Å²) in [5.41, 5.74) is 1.36. The molecule has 1 aromatic carbocycles. The highest BCUT2D eigenvalue weighted by Crippen LogP contribution is 2.42. The van der Waals surface area contributed by atoms with E-state index in [-0.39, 0.29) is 5.28 Å². The van der Waals surface area contributed by atoms with E-state index in [9.17, 15) is 0 Å². The van der Waals surface area contributed by atoms with Gasteiger partial charge < -0.3 is 5.32 Å². The van der Waals surface area contributed by atoms with Gasteiger partial charge in [0.15, 0.2) is 0 Å². The van der Waals surface area contributed by atoms with Crippen molar-refractivity contribution in [1.29, 1.82) is 0 Å². The summed E-state index contributed by atoms with van der Waals surface area (Å²) >= 11 is 5.68. The van der Waals surface area contributed by atoms with Gasteiger partial charge >= 0.3 is 0 Å². The summed E-state index contributed by atoms with van der Waals surface area (Å²) in [6, 6.07) is 10.9. The van der Waals surface area contributed by atoms with Crippen molar-refractivity contribution in [2.45, 2.75) is 18.4 Å². The fraction of sp³-hybridized carbons (Fsp3) is 0.250. The maximum atomic E-state index is 5.68. The summed E-state index contributed by atoms with van der Waals surface area (Å²) in [5.74, 6) is 1.25. The van der Waals surface area contributed by atoms with Gasteiger partial charge in [0.2, 0.25) is 5.28 Å². The molecule has 4 nitrogen and oxygen atoms in total. The molecule has 0 saturated heterocycles. The van der Waals surface area contributed by atoms with Gasteiger partial charge in [-0.05, 0) is 23.6 Å². The molecule has 0 spiro atoms. The largest absolute Gasteiger partial charge is 0.365 e. The van der Waals surface area contributed by atoms with Crippen LogP contribution in [0.3, 0.4) is 0 Å². The lowest BCUT2D eigenvalue weighted by atomic mass is 10.1. The molecule has 1 heterocycles. The highest BCUT2D eigenvalue weighted by molar-refractivity contribution is 6.28. The van der Waals surface area contributed by atoms with Gasteiger partial charge in [-0.1, -0.05) is 30.3 Å². The van der Waals surface area contributed by atoms with Crippen molar-refractivity contribution in [3.8, 4) is 0 Å². The Bertz CT molecular complexity index is 517. The topological polar surface area (TPSA) is 50.7 Å². The van der Waals surface area contributed by atoms with E-state index in [2.05, 4.69) is 44.8 Å². The molecule has 1 N–H and O–H groups in total. The third-order valence-electron chi connectivity index (χ3n) is 2.88. The fourth-order valence-corrected chi connectivity index (χ4v) is 2.10. The molecule has 1 saturated carbocycles. The second kappa shape index (κ2) is 4.30. The number of aromatic nitrogens is 3. The number of benzene rings is 1. The monoisotopic (exact) mass is 246 g/mol. The molecule has 2 aromatic rings. The van der Waals surface area contributed by atoms with Crippen molar-refractivity contribution in [2.24, 2.45) is 0 Å². The number of hydrogen-bond acceptors (Lipinski definition) is 4. The minimum atomic E-state index is 0.173. The van der Waals surface area contributed by atoms with Crippen molar-refractivity contribution in [1.82, 2.24) is 15.2 Å². The summed E-state index contributed by atoms with van der Waals surface area (Å²) in [5, 5.41) is 10.8. The van der Waals surface area contributed by atoms with E-state index in [0.29, 0.717) is 17.8 Å². The first kappa shape index (κ1) is 10.5. The highest BCUT2D eigenvalue weighted by Gasteiger charge is 2.38. The van der Waals surface area contributed by atoms with E-state index in [0.717, 1.165) is 6.42 Å². The summed E-state index contributed by atoms with van der Waals surface area (Å²) < 4.78 is 0. The summed E-state index contributed by atoms with van der Waals surface area (Å²) in [4.78, 5) is 4.06. The zero-order valence-electron chi connectivity index (χ0n) is 9.05. The van der Waals surface area contributed by atoms with Gasteiger partial charge in [0.25, 0.3) is 0 Å². The molecule has 86 valence electrons. The van der Waals surface area contributed by atoms with Gasteiger partial charge in [-0.15, -0.1) is 5.10 Å². The van der Waals surface area contributed by atoms with Crippen molar-refractivity contribution >= 4 is 17.4 Å². The minimum Gasteiger partial charge on any atom is -0.365 e. The van der Waals surface area contributed by atoms with Crippen LogP contribution >= 0.6 is 11.6 Å². The second-order valence-corrected chi connectivity index (χ2v) is 4.45. The third-order valence-corrected chi connectivity index (χ3v) is 3.04. The van der Waals surface area contributed by atoms with E-state index in [1.165, 1.54) is 5.56 Å². The molecular weight excluding hydrogens is 236 g/mol. The molecule has 2 unspecified atom stereocenters. The van der Waals surface area contributed by atoms with Gasteiger partial charge in [-0.25, -0.2) is 0 Å². The van der Waals surface area contributed by atoms with Crippen molar-refractivity contribution < 1.29 is 0 Å². The van der Waals surface area contributed by atoms with Crippen LogP contribution in [-0.4, -0.2) is 21.2 Å². The predicted octanol–water partition coefficient (Wildman–Crippen LogP) is 2.49. The molecule has 1 aliphatic rings. The first-order valence-electron chi connectivity index (χ1n) is 5.49. The normalized spacial score (nSPS) is 22.2. The molecule has 1 aliphatic carbocycles. The van der Waals surface area contributed by atoms with Gasteiger partial charge in [0.1, 0.15) is 5.82 Å². The SMILES string of the molecule is Clc1nncc(NC2CC2c2ccccc2)n1. The van der Waals surface area contributed by atoms with Crippen molar-refractivity contribution in [3.05, 3.63) is 47.4 Å². The number of hydrogen-bond donors (Lipinski definition) is 1. The standard InChI is InChI=1S/C12H11ClN4/c13-12-16-11(7-14-17-12)15-10-6-9(10)8-4-2-1-3-5-8/h1-5,7,9-10H,6H2,(H,15,16,17). The van der Waals surface area contributed by atoms with Crippen LogP contribution in [0.4, 0.5) is 5.82 Å². The van der Waals surface area contributed by atoms with Crippen LogP contribution in [-0.2, 0) is 0 Å². The Labute approximate surface area is 104 Å². The van der Waals surface area contributed by atoms with Crippen LogP contribution in [0.15, 0.2) is 36.5 Å². The maximum Gasteiger partial charge on any atom is 0.244 e. The molecule has 1 aromatic heterocycles. The summed E-state index contributed by atoms with van der Waals surface area (Å²) in [6.45, 7) is 0. The molecule has 0 bridgehead atoms. The zero-order chi connectivity index (χ0) is 11.7. The van der Waals surface area contributed by atoms with Gasteiger partial charge in [-0.3, -0.25) is 0 Å². The van der Waals surface area contributed by atoms with Crippen LogP contribution in [0.1, 0.15) is 17.9 Å². The van der Waals surface area contributed by atoms with Crippen LogP contribution in [0.5, 0.6) is 0 Å². The Kier molecular flexibility index (Phi) is 2.65. The lowest BCUT2D eigenvalue weighted by Crippen LogP contribution is -2.06. The molecule has 17 heavy (non-hydrogen) atoms. The third kappa shape index (κ3) is 2.36. The van der Waals surface area contributed by atoms with Gasteiger partial charge in [0, 0.05) is 12.0 Å². The van der Waals surface area contributed by atoms with Crippen LogP contribution in [0.2, 0.25) is 5.28 Å². The zero-order valence-corrected chi connectivity index (χ0v) is 9.80. The lowest BCUT2D eigenvalue weighted by molar-refractivity contribution is 0.948. The smallest absolute Gasteiger partial charge is 0.244 e. The fourth-order valence-electron chi connectivity index (χ4n) is 1.96. The first-order chi connectivity index (χ1) is 8.33. The molecule has 1 fully saturated rings. The number of nitrogens with one attached hydrogen (secondary N) is 1. The van der Waals surface area contributed by atoms with Crippen molar-refractivity contribution in [3.63, 3.8) is 0 Å². The quantitative estimate of drug-likeness (QED) is 0.904. The Morgan fingerprint density at radius 2 is 2.06 bits per heavy atom. The van der Waals surface area contributed by atoms with E-state index in [4.69, 9.17) is 11.6 Å². The molecule has 0 aliphatic heterocycles. The van der Waals surface area contributed by atoms with E-state index in [1.54, 1.807) is 6.20 Å². The maximum absolute atomic E-state index is 5.68. The number of halogens is 1. The molecular formula is C12H11ClN4. The van der Waals surface area contributed by atoms with Gasteiger partial charge in [0.05, 0.1) is 6.20 Å². The first-order valence-corrected chi connectivity index (χ1v) is 5.87. The highest BCUT2D eigenvalue weighted by atomic mass is 35.5. The van der Waals surface area contributed by atoms with Crippen LogP contribution in [0, 0.1) is 0 Å². The predicted molar refractivity (Wildman–Crippen MR) is 66.0 cm³/mol. The van der Waals surface area contributed by atoms with Crippen LogP contribution in [0.25, 0.3) is 0 Å². The summed E-state index contributed by atoms with van der Waals surface area (Å²) in [6.07, 6.45) is 2.71. The average molecular weight is 247 g/mol. The lowest BCUT2D eigenvalue weighted by Gasteiger charge is -2.04. The van der Waals surface area contributed by atoms with E-state index < -0.39 is 0 Å². The second-order valence-electron chi connectivity index (χ2n) is 4.11.